The van der Waals surface area contributed by atoms with Crippen LogP contribution in [0.15, 0.2) is 41.2 Å². The van der Waals surface area contributed by atoms with Crippen LogP contribution in [0.2, 0.25) is 0 Å². The van der Waals surface area contributed by atoms with Gasteiger partial charge in [0.25, 0.3) is 5.56 Å². The van der Waals surface area contributed by atoms with Crippen LogP contribution >= 0.6 is 0 Å². The molecule has 0 aliphatic carbocycles. The van der Waals surface area contributed by atoms with Gasteiger partial charge in [0.2, 0.25) is 0 Å². The van der Waals surface area contributed by atoms with Gasteiger partial charge in [-0.15, -0.1) is 0 Å². The summed E-state index contributed by atoms with van der Waals surface area (Å²) in [4.78, 5) is 11.0. The van der Waals surface area contributed by atoms with E-state index in [0.29, 0.717) is 0 Å². The highest BCUT2D eigenvalue weighted by Crippen LogP contribution is 2.20. The number of hydrogen-bond acceptors (Lipinski definition) is 4. The number of piperidine rings is 1. The van der Waals surface area contributed by atoms with E-state index in [0.717, 1.165) is 42.5 Å². The first-order chi connectivity index (χ1) is 11.3. The maximum absolute atomic E-state index is 11.0. The number of nitrogens with one attached hydrogen (secondary N) is 2. The van der Waals surface area contributed by atoms with Gasteiger partial charge < -0.3 is 10.1 Å². The fourth-order valence-electron chi connectivity index (χ4n) is 2.96. The Labute approximate surface area is 136 Å². The van der Waals surface area contributed by atoms with Gasteiger partial charge in [0.1, 0.15) is 5.75 Å². The lowest BCUT2D eigenvalue weighted by Gasteiger charge is -2.22. The van der Waals surface area contributed by atoms with E-state index < -0.39 is 0 Å². The topological polar surface area (TPSA) is 67.0 Å². The molecule has 0 radical (unpaired) electrons. The summed E-state index contributed by atoms with van der Waals surface area (Å²) in [5.74, 6) is 1.68. The molecule has 1 aliphatic rings. The Balaban J connectivity index is 1.45. The highest BCUT2D eigenvalue weighted by molar-refractivity contribution is 5.59. The van der Waals surface area contributed by atoms with Gasteiger partial charge in [0.05, 0.1) is 12.3 Å². The molecule has 5 nitrogen and oxygen atoms in total. The molecule has 0 bridgehead atoms. The summed E-state index contributed by atoms with van der Waals surface area (Å²) in [6.07, 6.45) is 4.96. The molecular weight excluding hydrogens is 290 g/mol. The number of ether oxygens (including phenoxy) is 1. The van der Waals surface area contributed by atoms with Crippen molar-refractivity contribution in [3.63, 3.8) is 0 Å². The predicted octanol–water partition coefficient (Wildman–Crippen LogP) is 2.60. The summed E-state index contributed by atoms with van der Waals surface area (Å²) in [6.45, 7) is 3.08. The van der Waals surface area contributed by atoms with E-state index >= 15 is 0 Å². The zero-order valence-electron chi connectivity index (χ0n) is 13.3. The van der Waals surface area contributed by atoms with Crippen molar-refractivity contribution in [2.24, 2.45) is 5.92 Å². The second-order valence-electron chi connectivity index (χ2n) is 6.03. The van der Waals surface area contributed by atoms with Crippen molar-refractivity contribution in [3.05, 3.63) is 46.8 Å². The van der Waals surface area contributed by atoms with Crippen molar-refractivity contribution in [1.29, 1.82) is 0 Å². The van der Waals surface area contributed by atoms with Gasteiger partial charge in [-0.05, 0) is 75.0 Å². The highest BCUT2D eigenvalue weighted by Gasteiger charge is 2.12. The first-order valence-corrected chi connectivity index (χ1v) is 8.31. The van der Waals surface area contributed by atoms with Gasteiger partial charge in [-0.25, -0.2) is 5.10 Å². The summed E-state index contributed by atoms with van der Waals surface area (Å²) in [5, 5.41) is 9.92. The standard InChI is InChI=1S/C18H23N3O2/c22-18-10-9-17(20-21-18)15-5-7-16(8-6-15)23-12-2-4-14-3-1-11-19-13-14/h5-10,14,19H,1-4,11-13H2,(H,21,22). The van der Waals surface area contributed by atoms with E-state index in [2.05, 4.69) is 15.5 Å². The van der Waals surface area contributed by atoms with Gasteiger partial charge in [-0.1, -0.05) is 0 Å². The van der Waals surface area contributed by atoms with Gasteiger partial charge in [-0.3, -0.25) is 4.79 Å². The Morgan fingerprint density at radius 2 is 2.04 bits per heavy atom. The van der Waals surface area contributed by atoms with Crippen molar-refractivity contribution in [1.82, 2.24) is 15.5 Å². The largest absolute Gasteiger partial charge is 0.494 e. The van der Waals surface area contributed by atoms with E-state index in [1.165, 1.54) is 31.9 Å². The van der Waals surface area contributed by atoms with E-state index in [9.17, 15) is 4.79 Å². The van der Waals surface area contributed by atoms with Crippen LogP contribution in [0.3, 0.4) is 0 Å². The van der Waals surface area contributed by atoms with Gasteiger partial charge in [0.15, 0.2) is 0 Å². The van der Waals surface area contributed by atoms with Gasteiger partial charge in [0, 0.05) is 11.6 Å². The minimum absolute atomic E-state index is 0.193. The molecule has 1 unspecified atom stereocenters. The SMILES string of the molecule is O=c1ccc(-c2ccc(OCCCC3CCCNC3)cc2)n[nH]1. The lowest BCUT2D eigenvalue weighted by Crippen LogP contribution is -2.29. The first kappa shape index (κ1) is 15.7. The zero-order chi connectivity index (χ0) is 15.9. The molecule has 1 aliphatic heterocycles. The monoisotopic (exact) mass is 313 g/mol. The molecule has 3 rings (SSSR count). The van der Waals surface area contributed by atoms with Crippen molar-refractivity contribution in [2.75, 3.05) is 19.7 Å². The fraction of sp³-hybridized carbons (Fsp3) is 0.444. The molecule has 5 heteroatoms. The second kappa shape index (κ2) is 7.92. The zero-order valence-corrected chi connectivity index (χ0v) is 13.3. The molecule has 23 heavy (non-hydrogen) atoms. The van der Waals surface area contributed by atoms with Crippen LogP contribution in [0.4, 0.5) is 0 Å². The molecule has 1 atom stereocenters. The van der Waals surface area contributed by atoms with Crippen LogP contribution in [0.1, 0.15) is 25.7 Å². The van der Waals surface area contributed by atoms with E-state index in [1.807, 2.05) is 24.3 Å². The number of nitrogens with zero attached hydrogens (tertiary/aromatic N) is 1. The number of aromatic nitrogens is 2. The maximum Gasteiger partial charge on any atom is 0.264 e. The van der Waals surface area contributed by atoms with Crippen molar-refractivity contribution in [3.8, 4) is 17.0 Å². The summed E-state index contributed by atoms with van der Waals surface area (Å²) < 4.78 is 5.81. The number of aromatic amines is 1. The van der Waals surface area contributed by atoms with Crippen LogP contribution in [-0.2, 0) is 0 Å². The Morgan fingerprint density at radius 1 is 1.17 bits per heavy atom. The molecule has 0 amide bonds. The molecular formula is C18H23N3O2. The molecule has 122 valence electrons. The Bertz CT molecular complexity index is 640. The normalized spacial score (nSPS) is 17.8. The lowest BCUT2D eigenvalue weighted by atomic mass is 9.95. The maximum atomic E-state index is 11.0. The summed E-state index contributed by atoms with van der Waals surface area (Å²) >= 11 is 0. The third-order valence-corrected chi connectivity index (χ3v) is 4.25. The number of benzene rings is 1. The van der Waals surface area contributed by atoms with Crippen LogP contribution in [0.5, 0.6) is 5.75 Å². The fourth-order valence-corrected chi connectivity index (χ4v) is 2.96. The third kappa shape index (κ3) is 4.66. The predicted molar refractivity (Wildman–Crippen MR) is 90.6 cm³/mol. The third-order valence-electron chi connectivity index (χ3n) is 4.25. The van der Waals surface area contributed by atoms with Crippen LogP contribution < -0.4 is 15.6 Å². The molecule has 1 saturated heterocycles. The van der Waals surface area contributed by atoms with Crippen molar-refractivity contribution >= 4 is 0 Å². The molecule has 1 fully saturated rings. The minimum atomic E-state index is -0.193. The smallest absolute Gasteiger partial charge is 0.264 e. The average molecular weight is 313 g/mol. The number of hydrogen-bond donors (Lipinski definition) is 2. The highest BCUT2D eigenvalue weighted by atomic mass is 16.5. The summed E-state index contributed by atoms with van der Waals surface area (Å²) in [7, 11) is 0. The Morgan fingerprint density at radius 3 is 2.74 bits per heavy atom. The van der Waals surface area contributed by atoms with Gasteiger partial charge in [-0.2, -0.15) is 5.10 Å². The number of rotatable bonds is 6. The van der Waals surface area contributed by atoms with Crippen LogP contribution in [0.25, 0.3) is 11.3 Å². The van der Waals surface area contributed by atoms with Crippen molar-refractivity contribution in [2.45, 2.75) is 25.7 Å². The van der Waals surface area contributed by atoms with Crippen LogP contribution in [-0.4, -0.2) is 29.9 Å². The molecule has 2 N–H and O–H groups in total. The van der Waals surface area contributed by atoms with E-state index in [4.69, 9.17) is 4.74 Å². The summed E-state index contributed by atoms with van der Waals surface area (Å²) in [5.41, 5.74) is 1.52. The Kier molecular flexibility index (Phi) is 5.42. The minimum Gasteiger partial charge on any atom is -0.494 e. The quantitative estimate of drug-likeness (QED) is 0.805. The Hall–Kier alpha value is -2.14. The summed E-state index contributed by atoms with van der Waals surface area (Å²) in [6, 6.07) is 11.0. The van der Waals surface area contributed by atoms with E-state index in [-0.39, 0.29) is 5.56 Å². The van der Waals surface area contributed by atoms with Gasteiger partial charge >= 0.3 is 0 Å². The second-order valence-corrected chi connectivity index (χ2v) is 6.03. The molecule has 1 aromatic heterocycles. The average Bonchev–Trinajstić information content (AvgIpc) is 2.61. The molecule has 1 aromatic carbocycles. The molecule has 0 saturated carbocycles. The molecule has 2 aromatic rings. The lowest BCUT2D eigenvalue weighted by molar-refractivity contribution is 0.275. The molecule has 0 spiro atoms. The van der Waals surface area contributed by atoms with E-state index in [1.54, 1.807) is 6.07 Å². The molecule has 2 heterocycles. The van der Waals surface area contributed by atoms with Crippen molar-refractivity contribution < 1.29 is 4.74 Å². The number of H-pyrrole nitrogens is 1. The first-order valence-electron chi connectivity index (χ1n) is 8.31. The van der Waals surface area contributed by atoms with Crippen LogP contribution in [0, 0.1) is 5.92 Å².